The van der Waals surface area contributed by atoms with Crippen LogP contribution in [-0.4, -0.2) is 50.6 Å². The number of carbonyl (C=O) groups is 1. The topological polar surface area (TPSA) is 142 Å². The lowest BCUT2D eigenvalue weighted by Crippen LogP contribution is -2.36. The lowest BCUT2D eigenvalue weighted by Gasteiger charge is -2.24. The summed E-state index contributed by atoms with van der Waals surface area (Å²) in [5.74, 6) is -0.140. The van der Waals surface area contributed by atoms with Crippen molar-refractivity contribution in [1.82, 2.24) is 26.1 Å². The molecule has 0 saturated carbocycles. The molecule has 5 N–H and O–H groups in total. The van der Waals surface area contributed by atoms with Crippen LogP contribution in [0.25, 0.3) is 5.70 Å². The van der Waals surface area contributed by atoms with Gasteiger partial charge in [0.15, 0.2) is 5.75 Å². The maximum atomic E-state index is 13.6. The summed E-state index contributed by atoms with van der Waals surface area (Å²) in [5, 5.41) is 12.9. The lowest BCUT2D eigenvalue weighted by molar-refractivity contribution is 0.102. The van der Waals surface area contributed by atoms with Gasteiger partial charge in [0.05, 0.1) is 48.4 Å². The molecule has 1 fully saturated rings. The third-order valence-electron chi connectivity index (χ3n) is 7.99. The van der Waals surface area contributed by atoms with E-state index in [1.165, 1.54) is 7.11 Å². The highest BCUT2D eigenvalue weighted by Crippen LogP contribution is 2.39. The van der Waals surface area contributed by atoms with Crippen molar-refractivity contribution >= 4 is 38.7 Å². The van der Waals surface area contributed by atoms with Gasteiger partial charge in [-0.3, -0.25) is 19.2 Å². The minimum absolute atomic E-state index is 0.225. The molecule has 0 aliphatic carbocycles. The normalized spacial score (nSPS) is 16.0. The minimum Gasteiger partial charge on any atom is -0.492 e. The van der Waals surface area contributed by atoms with Crippen LogP contribution in [-0.2, 0) is 15.4 Å². The number of carbonyl (C=O) groups excluding carboxylic acids is 1. The Bertz CT molecular complexity index is 1700. The molecule has 1 saturated heterocycles. The largest absolute Gasteiger partial charge is 0.492 e. The molecule has 0 radical (unpaired) electrons. The first-order valence-electron chi connectivity index (χ1n) is 14.7. The number of nitrogens with one attached hydrogen (secondary N) is 5. The van der Waals surface area contributed by atoms with Crippen LogP contribution in [0.2, 0.25) is 0 Å². The number of nitrogens with zero attached hydrogens (tertiary/aromatic N) is 3. The monoisotopic (exact) mass is 622 g/mol. The van der Waals surface area contributed by atoms with Crippen LogP contribution < -0.4 is 36.1 Å². The van der Waals surface area contributed by atoms with Crippen LogP contribution in [0.3, 0.4) is 0 Å². The maximum Gasteiger partial charge on any atom is 0.255 e. The second-order valence-electron chi connectivity index (χ2n) is 12.4. The summed E-state index contributed by atoms with van der Waals surface area (Å²) in [6.07, 6.45) is 7.03. The molecule has 1 amide bonds. The van der Waals surface area contributed by atoms with Gasteiger partial charge in [-0.25, -0.2) is 8.42 Å². The van der Waals surface area contributed by atoms with Crippen LogP contribution in [0.5, 0.6) is 5.75 Å². The van der Waals surface area contributed by atoms with E-state index >= 15 is 0 Å². The number of hydrazine groups is 2. The average molecular weight is 623 g/mol. The Morgan fingerprint density at radius 2 is 1.80 bits per heavy atom. The summed E-state index contributed by atoms with van der Waals surface area (Å²) in [4.78, 5) is 13.6. The number of piperidine rings is 1. The predicted molar refractivity (Wildman–Crippen MR) is 174 cm³/mol. The Labute approximate surface area is 259 Å². The van der Waals surface area contributed by atoms with Gasteiger partial charge < -0.3 is 20.8 Å². The third-order valence-corrected chi connectivity index (χ3v) is 8.58. The maximum absolute atomic E-state index is 13.6. The fraction of sp³-hybridized carbons (Fsp3) is 0.419. The molecule has 12 nitrogen and oxygen atoms in total. The number of benzene rings is 2. The van der Waals surface area contributed by atoms with Crippen LogP contribution >= 0.6 is 0 Å². The summed E-state index contributed by atoms with van der Waals surface area (Å²) in [7, 11) is -2.16. The number of ether oxygens (including phenoxy) is 1. The van der Waals surface area contributed by atoms with Gasteiger partial charge in [-0.05, 0) is 80.6 Å². The quantitative estimate of drug-likeness (QED) is 0.250. The smallest absolute Gasteiger partial charge is 0.255 e. The standard InChI is InChI=1S/C31H42N8O4S/c1-19-8-9-21(30(40)34-25-15-22(31(3,4)5)16-26(29(25)43-6)36-44(7,41)42)14-28(19)38-18-27(35-37-38)24-17-33-39(20(24)2)23-10-12-32-13-11-23/h8-9,14-18,23,32,35-37H,10-13H2,1-7H3,(H,34,40). The van der Waals surface area contributed by atoms with Gasteiger partial charge in [0.2, 0.25) is 10.0 Å². The van der Waals surface area contributed by atoms with E-state index in [9.17, 15) is 13.2 Å². The second kappa shape index (κ2) is 12.1. The molecule has 3 aromatic rings. The second-order valence-corrected chi connectivity index (χ2v) is 14.2. The third kappa shape index (κ3) is 6.69. The Balaban J connectivity index is 1.42. The number of aromatic nitrogens is 2. The van der Waals surface area contributed by atoms with Crippen molar-refractivity contribution in [2.24, 2.45) is 0 Å². The van der Waals surface area contributed by atoms with E-state index in [4.69, 9.17) is 9.84 Å². The molecule has 2 aliphatic heterocycles. The van der Waals surface area contributed by atoms with Gasteiger partial charge in [0.25, 0.3) is 5.91 Å². The van der Waals surface area contributed by atoms with Crippen molar-refractivity contribution in [3.05, 3.63) is 70.7 Å². The Morgan fingerprint density at radius 1 is 1.09 bits per heavy atom. The van der Waals surface area contributed by atoms with E-state index in [1.807, 2.05) is 57.2 Å². The molecule has 44 heavy (non-hydrogen) atoms. The van der Waals surface area contributed by atoms with Crippen molar-refractivity contribution in [3.63, 3.8) is 0 Å². The number of rotatable bonds is 8. The minimum atomic E-state index is -3.60. The molecule has 236 valence electrons. The van der Waals surface area contributed by atoms with Gasteiger partial charge >= 0.3 is 0 Å². The van der Waals surface area contributed by atoms with E-state index in [-0.39, 0.29) is 22.8 Å². The zero-order valence-corrected chi connectivity index (χ0v) is 27.1. The highest BCUT2D eigenvalue weighted by Gasteiger charge is 2.25. The highest BCUT2D eigenvalue weighted by molar-refractivity contribution is 7.92. The fourth-order valence-electron chi connectivity index (χ4n) is 5.54. The average Bonchev–Trinajstić information content (AvgIpc) is 3.59. The molecular weight excluding hydrogens is 580 g/mol. The number of sulfonamides is 1. The number of aryl methyl sites for hydroxylation is 1. The first-order chi connectivity index (χ1) is 20.7. The van der Waals surface area contributed by atoms with Gasteiger partial charge in [0, 0.05) is 23.0 Å². The highest BCUT2D eigenvalue weighted by atomic mass is 32.2. The van der Waals surface area contributed by atoms with Crippen molar-refractivity contribution in [2.75, 3.05) is 41.5 Å². The molecule has 0 bridgehead atoms. The van der Waals surface area contributed by atoms with E-state index in [0.29, 0.717) is 17.3 Å². The van der Waals surface area contributed by atoms with E-state index in [0.717, 1.165) is 66.0 Å². The molecule has 1 aromatic heterocycles. The summed E-state index contributed by atoms with van der Waals surface area (Å²) >= 11 is 0. The Kier molecular flexibility index (Phi) is 8.65. The first kappa shape index (κ1) is 31.4. The molecule has 13 heteroatoms. The van der Waals surface area contributed by atoms with Gasteiger partial charge in [0.1, 0.15) is 0 Å². The van der Waals surface area contributed by atoms with Crippen LogP contribution in [0.1, 0.15) is 72.4 Å². The van der Waals surface area contributed by atoms with Crippen molar-refractivity contribution in [3.8, 4) is 5.75 Å². The van der Waals surface area contributed by atoms with E-state index in [1.54, 1.807) is 18.2 Å². The van der Waals surface area contributed by atoms with Gasteiger partial charge in [-0.1, -0.05) is 26.8 Å². The predicted octanol–water partition coefficient (Wildman–Crippen LogP) is 4.18. The van der Waals surface area contributed by atoms with Gasteiger partial charge in [-0.2, -0.15) is 5.10 Å². The number of hydrogen-bond donors (Lipinski definition) is 5. The number of amides is 1. The fourth-order valence-corrected chi connectivity index (χ4v) is 6.09. The number of methoxy groups -OCH3 is 1. The zero-order valence-electron chi connectivity index (χ0n) is 26.3. The summed E-state index contributed by atoms with van der Waals surface area (Å²) in [6, 6.07) is 9.37. The van der Waals surface area contributed by atoms with Gasteiger partial charge in [-0.15, -0.1) is 5.53 Å². The molecule has 2 aliphatic rings. The molecule has 3 heterocycles. The Morgan fingerprint density at radius 3 is 2.45 bits per heavy atom. The van der Waals surface area contributed by atoms with Crippen molar-refractivity contribution in [1.29, 1.82) is 0 Å². The number of anilines is 3. The molecule has 0 unspecified atom stereocenters. The molecule has 5 rings (SSSR count). The van der Waals surface area contributed by atoms with Crippen molar-refractivity contribution < 1.29 is 17.9 Å². The number of hydrogen-bond acceptors (Lipinski definition) is 9. The molecular formula is C31H42N8O4S. The zero-order chi connectivity index (χ0) is 31.8. The lowest BCUT2D eigenvalue weighted by atomic mass is 9.86. The van der Waals surface area contributed by atoms with Crippen molar-refractivity contribution in [2.45, 2.75) is 58.9 Å². The first-order valence-corrected chi connectivity index (χ1v) is 16.5. The molecule has 0 spiro atoms. The molecule has 0 atom stereocenters. The van der Waals surface area contributed by atoms with Crippen LogP contribution in [0, 0.1) is 13.8 Å². The van der Waals surface area contributed by atoms with E-state index < -0.39 is 10.0 Å². The van der Waals surface area contributed by atoms with Crippen LogP contribution in [0.15, 0.2) is 42.7 Å². The summed E-state index contributed by atoms with van der Waals surface area (Å²) in [6.45, 7) is 12.1. The molecule has 2 aromatic carbocycles. The summed E-state index contributed by atoms with van der Waals surface area (Å²) < 4.78 is 34.4. The van der Waals surface area contributed by atoms with E-state index in [2.05, 4.69) is 37.9 Å². The van der Waals surface area contributed by atoms with Crippen LogP contribution in [0.4, 0.5) is 17.1 Å². The SMILES string of the molecule is COc1c(NC(=O)c2ccc(C)c(N3C=C(c4cnn(C5CCNCC5)c4C)NN3)c2)cc(C(C)(C)C)cc1NS(C)(=O)=O. The summed E-state index contributed by atoms with van der Waals surface area (Å²) in [5.41, 5.74) is 12.7. The Hall–Kier alpha value is -4.07.